The molecule has 5 rings (SSSR count). The van der Waals surface area contributed by atoms with Gasteiger partial charge in [-0.1, -0.05) is 116 Å². The summed E-state index contributed by atoms with van der Waals surface area (Å²) < 4.78 is 17.7. The van der Waals surface area contributed by atoms with Gasteiger partial charge in [-0.3, -0.25) is 0 Å². The summed E-state index contributed by atoms with van der Waals surface area (Å²) in [5.74, 6) is 3.44. The van der Waals surface area contributed by atoms with Gasteiger partial charge in [0.05, 0.1) is 33.0 Å². The van der Waals surface area contributed by atoms with E-state index in [2.05, 4.69) is 82.5 Å². The van der Waals surface area contributed by atoms with Gasteiger partial charge in [0.2, 0.25) is 0 Å². The summed E-state index contributed by atoms with van der Waals surface area (Å²) in [5.41, 5.74) is 11.0. The number of aliphatic hydroxyl groups excluding tert-OH is 2. The predicted molar refractivity (Wildman–Crippen MR) is 276 cm³/mol. The quantitative estimate of drug-likeness (QED) is 0.0446. The van der Waals surface area contributed by atoms with Crippen LogP contribution in [-0.2, 0) is 44.7 Å². The fourth-order valence-electron chi connectivity index (χ4n) is 10.9. The Balaban J connectivity index is 1.39. The molecule has 0 unspecified atom stereocenters. The summed E-state index contributed by atoms with van der Waals surface area (Å²) in [6.07, 6.45) is 22.1. The number of esters is 2. The Morgan fingerprint density at radius 3 is 1.67 bits per heavy atom. The number of benzene rings is 3. The van der Waals surface area contributed by atoms with E-state index in [1.165, 1.54) is 105 Å². The van der Waals surface area contributed by atoms with E-state index in [0.29, 0.717) is 62.2 Å². The molecular formula is C60H86O7. The van der Waals surface area contributed by atoms with Crippen molar-refractivity contribution in [2.75, 3.05) is 33.0 Å². The summed E-state index contributed by atoms with van der Waals surface area (Å²) in [5, 5.41) is 20.4. The number of ether oxygens (including phenoxy) is 3. The maximum atomic E-state index is 12.3. The van der Waals surface area contributed by atoms with Crippen molar-refractivity contribution in [3.8, 4) is 28.0 Å². The summed E-state index contributed by atoms with van der Waals surface area (Å²) in [6, 6.07) is 18.7. The monoisotopic (exact) mass is 919 g/mol. The molecule has 2 N–H and O–H groups in total. The summed E-state index contributed by atoms with van der Waals surface area (Å²) in [4.78, 5) is 24.5. The Morgan fingerprint density at radius 1 is 0.627 bits per heavy atom. The van der Waals surface area contributed by atoms with E-state index in [1.54, 1.807) is 13.8 Å². The lowest BCUT2D eigenvalue weighted by atomic mass is 9.68. The number of carbonyl (C=O) groups excluding carboxylic acids is 2. The van der Waals surface area contributed by atoms with Crippen LogP contribution in [-0.4, -0.2) is 55.2 Å². The first-order valence-electron chi connectivity index (χ1n) is 26.3. The van der Waals surface area contributed by atoms with Crippen LogP contribution in [0.5, 0.6) is 5.75 Å². The third kappa shape index (κ3) is 15.1. The van der Waals surface area contributed by atoms with E-state index in [1.807, 2.05) is 6.92 Å². The Morgan fingerprint density at radius 2 is 1.15 bits per heavy atom. The van der Waals surface area contributed by atoms with Crippen LogP contribution in [0.4, 0.5) is 0 Å². The summed E-state index contributed by atoms with van der Waals surface area (Å²) >= 11 is 0. The Labute approximate surface area is 405 Å². The summed E-state index contributed by atoms with van der Waals surface area (Å²) in [7, 11) is 0. The first-order valence-corrected chi connectivity index (χ1v) is 26.3. The van der Waals surface area contributed by atoms with Crippen molar-refractivity contribution in [3.05, 3.63) is 101 Å². The number of unbranched alkanes of at least 4 members (excludes halogenated alkanes) is 2. The highest BCUT2D eigenvalue weighted by atomic mass is 16.5. The Hall–Kier alpha value is -4.20. The molecule has 2 saturated carbocycles. The van der Waals surface area contributed by atoms with Crippen LogP contribution < -0.4 is 4.74 Å². The van der Waals surface area contributed by atoms with Crippen LogP contribution in [0, 0.1) is 23.2 Å². The highest BCUT2D eigenvalue weighted by molar-refractivity contribution is 5.87. The van der Waals surface area contributed by atoms with E-state index in [0.717, 1.165) is 58.6 Å². The normalized spacial score (nSPS) is 18.6. The van der Waals surface area contributed by atoms with Gasteiger partial charge < -0.3 is 24.4 Å². The smallest absolute Gasteiger partial charge is 0.333 e. The second-order valence-corrected chi connectivity index (χ2v) is 20.3. The molecule has 67 heavy (non-hydrogen) atoms. The molecule has 7 nitrogen and oxygen atoms in total. The topological polar surface area (TPSA) is 102 Å². The fraction of sp³-hybridized carbons (Fsp3) is 0.600. The van der Waals surface area contributed by atoms with Gasteiger partial charge in [0.25, 0.3) is 0 Å². The standard InChI is InChI=1S/C60H86O7/c1-9-13-14-17-44-20-22-47(23-21-44)48-24-26-49(27-25-48)50-28-30-55(45(10-2)36-50)51-29-31-56(46(11-3)37-51)54-38-52(18-15-33-66-58(63)42(5)6)57(65-35-32-60(12-4,40-61)41-62)53(39-54)19-16-34-67-59(64)43(7)8/h28-31,36-39,44,47-49,61-62H,5,7,9-27,32-35,40-41H2,1-4,6,8H3. The van der Waals surface area contributed by atoms with E-state index in [-0.39, 0.29) is 26.4 Å². The molecule has 368 valence electrons. The molecule has 2 aliphatic rings. The molecule has 7 heteroatoms. The van der Waals surface area contributed by atoms with Gasteiger partial charge in [0, 0.05) is 16.6 Å². The van der Waals surface area contributed by atoms with E-state index in [9.17, 15) is 19.8 Å². The number of rotatable bonds is 27. The predicted octanol–water partition coefficient (Wildman–Crippen LogP) is 14.1. The zero-order valence-electron chi connectivity index (χ0n) is 42.5. The minimum absolute atomic E-state index is 0.134. The Bertz CT molecular complexity index is 2000. The molecular weight excluding hydrogens is 833 g/mol. The maximum Gasteiger partial charge on any atom is 0.333 e. The van der Waals surface area contributed by atoms with Crippen LogP contribution in [0.15, 0.2) is 72.8 Å². The molecule has 2 fully saturated rings. The maximum absolute atomic E-state index is 12.3. The number of aliphatic hydroxyl groups is 2. The fourth-order valence-corrected chi connectivity index (χ4v) is 10.9. The van der Waals surface area contributed by atoms with Crippen LogP contribution in [0.1, 0.15) is 178 Å². The Kier molecular flexibility index (Phi) is 21.7. The van der Waals surface area contributed by atoms with E-state index in [4.69, 9.17) is 14.2 Å². The molecule has 2 aliphatic carbocycles. The second-order valence-electron chi connectivity index (χ2n) is 20.3. The minimum atomic E-state index is -0.644. The first kappa shape index (κ1) is 53.8. The molecule has 0 radical (unpaired) electrons. The molecule has 3 aromatic rings. The van der Waals surface area contributed by atoms with Gasteiger partial charge in [-0.05, 0) is 190 Å². The lowest BCUT2D eigenvalue weighted by molar-refractivity contribution is -0.139. The van der Waals surface area contributed by atoms with E-state index < -0.39 is 17.4 Å². The molecule has 0 bridgehead atoms. The average molecular weight is 919 g/mol. The zero-order valence-corrected chi connectivity index (χ0v) is 42.5. The van der Waals surface area contributed by atoms with Gasteiger partial charge in [-0.15, -0.1) is 0 Å². The van der Waals surface area contributed by atoms with Crippen molar-refractivity contribution in [3.63, 3.8) is 0 Å². The number of hydrogen-bond acceptors (Lipinski definition) is 7. The minimum Gasteiger partial charge on any atom is -0.493 e. The van der Waals surface area contributed by atoms with Crippen LogP contribution >= 0.6 is 0 Å². The molecule has 0 saturated heterocycles. The van der Waals surface area contributed by atoms with E-state index >= 15 is 0 Å². The third-order valence-electron chi connectivity index (χ3n) is 15.5. The number of aryl methyl sites for hydroxylation is 4. The molecule has 0 aromatic heterocycles. The van der Waals surface area contributed by atoms with Gasteiger partial charge in [-0.2, -0.15) is 0 Å². The van der Waals surface area contributed by atoms with Gasteiger partial charge in [0.15, 0.2) is 0 Å². The third-order valence-corrected chi connectivity index (χ3v) is 15.5. The lowest BCUT2D eigenvalue weighted by Gasteiger charge is -2.38. The largest absolute Gasteiger partial charge is 0.493 e. The van der Waals surface area contributed by atoms with Gasteiger partial charge in [-0.25, -0.2) is 9.59 Å². The average Bonchev–Trinajstić information content (AvgIpc) is 3.35. The van der Waals surface area contributed by atoms with Crippen molar-refractivity contribution < 1.29 is 34.0 Å². The van der Waals surface area contributed by atoms with Gasteiger partial charge >= 0.3 is 11.9 Å². The molecule has 0 heterocycles. The highest BCUT2D eigenvalue weighted by Gasteiger charge is 2.32. The second kappa shape index (κ2) is 27.1. The van der Waals surface area contributed by atoms with Crippen LogP contribution in [0.2, 0.25) is 0 Å². The van der Waals surface area contributed by atoms with Crippen LogP contribution in [0.25, 0.3) is 22.3 Å². The van der Waals surface area contributed by atoms with Crippen molar-refractivity contribution in [1.82, 2.24) is 0 Å². The van der Waals surface area contributed by atoms with Crippen molar-refractivity contribution in [2.45, 2.75) is 176 Å². The van der Waals surface area contributed by atoms with Crippen molar-refractivity contribution >= 4 is 11.9 Å². The summed E-state index contributed by atoms with van der Waals surface area (Å²) in [6.45, 7) is 20.0. The molecule has 0 spiro atoms. The lowest BCUT2D eigenvalue weighted by Crippen LogP contribution is -2.31. The molecule has 0 atom stereocenters. The zero-order chi connectivity index (χ0) is 48.3. The number of hydrogen-bond donors (Lipinski definition) is 2. The van der Waals surface area contributed by atoms with Crippen molar-refractivity contribution in [1.29, 1.82) is 0 Å². The van der Waals surface area contributed by atoms with Gasteiger partial charge in [0.1, 0.15) is 5.75 Å². The molecule has 0 aliphatic heterocycles. The highest BCUT2D eigenvalue weighted by Crippen LogP contribution is 2.45. The van der Waals surface area contributed by atoms with Crippen LogP contribution in [0.3, 0.4) is 0 Å². The first-order chi connectivity index (χ1) is 32.4. The molecule has 0 amide bonds. The molecule has 3 aromatic carbocycles. The SMILES string of the molecule is C=C(C)C(=O)OCCCc1cc(-c2ccc(-c3ccc(C4CCC(C5CCC(CCCCC)CC5)CC4)cc3CC)cc2CC)cc(CCCOC(=O)C(=C)C)c1OCCC(CC)(CO)CO. The number of carbonyl (C=O) groups is 2. The van der Waals surface area contributed by atoms with Crippen molar-refractivity contribution in [2.24, 2.45) is 23.2 Å².